The summed E-state index contributed by atoms with van der Waals surface area (Å²) in [4.78, 5) is 28.5. The van der Waals surface area contributed by atoms with Gasteiger partial charge < -0.3 is 9.80 Å². The van der Waals surface area contributed by atoms with Crippen LogP contribution in [0.4, 0.5) is 0 Å². The van der Waals surface area contributed by atoms with Crippen molar-refractivity contribution in [1.82, 2.24) is 9.80 Å². The molecule has 2 aliphatic heterocycles. The van der Waals surface area contributed by atoms with Gasteiger partial charge >= 0.3 is 0 Å². The molecular weight excluding hydrogens is 296 g/mol. The van der Waals surface area contributed by atoms with Crippen LogP contribution in [-0.2, 0) is 9.59 Å². The van der Waals surface area contributed by atoms with Crippen LogP contribution in [0.5, 0.6) is 0 Å². The molecule has 1 atom stereocenters. The van der Waals surface area contributed by atoms with Gasteiger partial charge in [-0.15, -0.1) is 11.8 Å². The van der Waals surface area contributed by atoms with E-state index < -0.39 is 0 Å². The maximum atomic E-state index is 12.5. The van der Waals surface area contributed by atoms with Crippen LogP contribution in [0.25, 0.3) is 6.08 Å². The summed E-state index contributed by atoms with van der Waals surface area (Å²) in [6, 6.07) is 9.47. The van der Waals surface area contributed by atoms with Crippen LogP contribution in [-0.4, -0.2) is 52.4 Å². The second-order valence-corrected chi connectivity index (χ2v) is 6.65. The van der Waals surface area contributed by atoms with Gasteiger partial charge in [-0.05, 0) is 24.5 Å². The van der Waals surface area contributed by atoms with Gasteiger partial charge in [-0.1, -0.05) is 30.3 Å². The zero-order valence-corrected chi connectivity index (χ0v) is 13.3. The lowest BCUT2D eigenvalue weighted by Gasteiger charge is -2.26. The second kappa shape index (κ2) is 7.01. The Kier molecular flexibility index (Phi) is 4.83. The van der Waals surface area contributed by atoms with E-state index >= 15 is 0 Å². The Morgan fingerprint density at radius 2 is 2.00 bits per heavy atom. The number of benzene rings is 1. The van der Waals surface area contributed by atoms with Crippen molar-refractivity contribution in [2.24, 2.45) is 0 Å². The number of nitrogens with zero attached hydrogens (tertiary/aromatic N) is 2. The maximum absolute atomic E-state index is 12.5. The lowest BCUT2D eigenvalue weighted by molar-refractivity contribution is -0.140. The molecule has 2 fully saturated rings. The van der Waals surface area contributed by atoms with E-state index in [1.54, 1.807) is 22.7 Å². The highest BCUT2D eigenvalue weighted by Gasteiger charge is 2.36. The van der Waals surface area contributed by atoms with E-state index in [1.807, 2.05) is 41.3 Å². The van der Waals surface area contributed by atoms with Crippen LogP contribution in [0.1, 0.15) is 18.4 Å². The van der Waals surface area contributed by atoms with Gasteiger partial charge in [0.2, 0.25) is 11.8 Å². The molecule has 0 radical (unpaired) electrons. The Balaban J connectivity index is 1.66. The van der Waals surface area contributed by atoms with E-state index in [9.17, 15) is 9.59 Å². The van der Waals surface area contributed by atoms with Crippen LogP contribution in [0.2, 0.25) is 0 Å². The molecule has 2 aliphatic rings. The van der Waals surface area contributed by atoms with Gasteiger partial charge in [0, 0.05) is 24.9 Å². The monoisotopic (exact) mass is 316 g/mol. The van der Waals surface area contributed by atoms with Crippen molar-refractivity contribution in [3.8, 4) is 0 Å². The molecule has 22 heavy (non-hydrogen) atoms. The third kappa shape index (κ3) is 3.35. The van der Waals surface area contributed by atoms with Crippen LogP contribution < -0.4 is 0 Å². The molecule has 0 saturated carbocycles. The lowest BCUT2D eigenvalue weighted by atomic mass is 10.2. The topological polar surface area (TPSA) is 40.6 Å². The minimum absolute atomic E-state index is 0.0634. The normalized spacial score (nSPS) is 21.7. The standard InChI is InChI=1S/C17H20N2O2S/c20-16(9-8-14-5-2-1-3-6-14)19-10-4-7-15(19)17(21)18-11-12-22-13-18/h1-3,5-6,8-9,15H,4,7,10-13H2/t15-/m0/s1. The number of hydrogen-bond donors (Lipinski definition) is 0. The van der Waals surface area contributed by atoms with Crippen molar-refractivity contribution in [3.05, 3.63) is 42.0 Å². The van der Waals surface area contributed by atoms with E-state index in [0.717, 1.165) is 36.6 Å². The summed E-state index contributed by atoms with van der Waals surface area (Å²) in [5, 5.41) is 0. The summed E-state index contributed by atoms with van der Waals surface area (Å²) >= 11 is 1.77. The van der Waals surface area contributed by atoms with E-state index in [2.05, 4.69) is 0 Å². The van der Waals surface area contributed by atoms with Crippen LogP contribution in [0, 0.1) is 0 Å². The maximum Gasteiger partial charge on any atom is 0.247 e. The number of carbonyl (C=O) groups excluding carboxylic acids is 2. The smallest absolute Gasteiger partial charge is 0.247 e. The third-order valence-electron chi connectivity index (χ3n) is 4.10. The first-order valence-electron chi connectivity index (χ1n) is 7.66. The van der Waals surface area contributed by atoms with Crippen LogP contribution in [0.3, 0.4) is 0 Å². The molecule has 0 aromatic heterocycles. The molecule has 0 bridgehead atoms. The molecule has 2 amide bonds. The molecular formula is C17H20N2O2S. The minimum atomic E-state index is -0.272. The predicted octanol–water partition coefficient (Wildman–Crippen LogP) is 2.22. The zero-order chi connectivity index (χ0) is 15.4. The van der Waals surface area contributed by atoms with E-state index in [1.165, 1.54) is 0 Å². The summed E-state index contributed by atoms with van der Waals surface area (Å²) in [7, 11) is 0. The second-order valence-electron chi connectivity index (χ2n) is 5.57. The van der Waals surface area contributed by atoms with E-state index in [-0.39, 0.29) is 17.9 Å². The van der Waals surface area contributed by atoms with Crippen molar-refractivity contribution < 1.29 is 9.59 Å². The first-order chi connectivity index (χ1) is 10.8. The van der Waals surface area contributed by atoms with Gasteiger partial charge in [0.05, 0.1) is 5.88 Å². The molecule has 1 aromatic carbocycles. The average Bonchev–Trinajstić information content (AvgIpc) is 3.24. The number of hydrogen-bond acceptors (Lipinski definition) is 3. The molecule has 0 N–H and O–H groups in total. The molecule has 3 rings (SSSR count). The van der Waals surface area contributed by atoms with Gasteiger partial charge in [0.25, 0.3) is 0 Å². The fourth-order valence-electron chi connectivity index (χ4n) is 2.91. The number of amides is 2. The minimum Gasteiger partial charge on any atom is -0.331 e. The van der Waals surface area contributed by atoms with Crippen LogP contribution >= 0.6 is 11.8 Å². The molecule has 5 heteroatoms. The molecule has 4 nitrogen and oxygen atoms in total. The Morgan fingerprint density at radius 3 is 2.73 bits per heavy atom. The Labute approximate surface area is 135 Å². The zero-order valence-electron chi connectivity index (χ0n) is 12.5. The van der Waals surface area contributed by atoms with Crippen molar-refractivity contribution in [1.29, 1.82) is 0 Å². The first kappa shape index (κ1) is 15.2. The largest absolute Gasteiger partial charge is 0.331 e. The summed E-state index contributed by atoms with van der Waals surface area (Å²) in [5.41, 5.74) is 0.994. The molecule has 0 unspecified atom stereocenters. The predicted molar refractivity (Wildman–Crippen MR) is 89.2 cm³/mol. The quantitative estimate of drug-likeness (QED) is 0.803. The number of carbonyl (C=O) groups is 2. The van der Waals surface area contributed by atoms with Crippen molar-refractivity contribution in [3.63, 3.8) is 0 Å². The number of thioether (sulfide) groups is 1. The summed E-state index contributed by atoms with van der Waals surface area (Å²) in [6.07, 6.45) is 5.08. The van der Waals surface area contributed by atoms with Crippen molar-refractivity contribution >= 4 is 29.7 Å². The van der Waals surface area contributed by atoms with Gasteiger partial charge in [-0.25, -0.2) is 0 Å². The van der Waals surface area contributed by atoms with Crippen LogP contribution in [0.15, 0.2) is 36.4 Å². The lowest BCUT2D eigenvalue weighted by Crippen LogP contribution is -2.46. The Bertz CT molecular complexity index is 567. The third-order valence-corrected chi connectivity index (χ3v) is 5.07. The first-order valence-corrected chi connectivity index (χ1v) is 8.81. The van der Waals surface area contributed by atoms with Crippen molar-refractivity contribution in [2.45, 2.75) is 18.9 Å². The summed E-state index contributed by atoms with van der Waals surface area (Å²) in [6.45, 7) is 1.48. The van der Waals surface area contributed by atoms with Gasteiger partial charge in [-0.2, -0.15) is 0 Å². The van der Waals surface area contributed by atoms with Gasteiger partial charge in [0.1, 0.15) is 6.04 Å². The fraction of sp³-hybridized carbons (Fsp3) is 0.412. The molecule has 1 aromatic rings. The average molecular weight is 316 g/mol. The molecule has 2 saturated heterocycles. The highest BCUT2D eigenvalue weighted by Crippen LogP contribution is 2.23. The summed E-state index contributed by atoms with van der Waals surface area (Å²) in [5.74, 6) is 1.81. The van der Waals surface area contributed by atoms with Gasteiger partial charge in [-0.3, -0.25) is 9.59 Å². The highest BCUT2D eigenvalue weighted by atomic mass is 32.2. The fourth-order valence-corrected chi connectivity index (χ4v) is 3.87. The summed E-state index contributed by atoms with van der Waals surface area (Å²) < 4.78 is 0. The Morgan fingerprint density at radius 1 is 1.18 bits per heavy atom. The SMILES string of the molecule is O=C([C@@H]1CCCN1C(=O)C=Cc1ccccc1)N1CCSC1. The van der Waals surface area contributed by atoms with Crippen molar-refractivity contribution in [2.75, 3.05) is 24.7 Å². The molecule has 2 heterocycles. The Hall–Kier alpha value is -1.75. The van der Waals surface area contributed by atoms with E-state index in [0.29, 0.717) is 6.54 Å². The molecule has 116 valence electrons. The number of rotatable bonds is 3. The van der Waals surface area contributed by atoms with Gasteiger partial charge in [0.15, 0.2) is 0 Å². The molecule has 0 spiro atoms. The number of likely N-dealkylation sites (tertiary alicyclic amines) is 1. The highest BCUT2D eigenvalue weighted by molar-refractivity contribution is 7.99. The van der Waals surface area contributed by atoms with E-state index in [4.69, 9.17) is 0 Å². The molecule has 0 aliphatic carbocycles.